The molecule has 2 heterocycles. The molecule has 0 aromatic heterocycles. The maximum absolute atomic E-state index is 11.8. The van der Waals surface area contributed by atoms with Gasteiger partial charge in [-0.15, -0.1) is 0 Å². The summed E-state index contributed by atoms with van der Waals surface area (Å²) in [4.78, 5) is 26.6. The van der Waals surface area contributed by atoms with Gasteiger partial charge < -0.3 is 38.6 Å². The molecule has 214 valence electrons. The highest BCUT2D eigenvalue weighted by atomic mass is 35.7. The van der Waals surface area contributed by atoms with Crippen molar-refractivity contribution < 1.29 is 46.8 Å². The second-order valence-electron chi connectivity index (χ2n) is 10.2. The number of aliphatic hydroxyl groups excluding tert-OH is 1. The van der Waals surface area contributed by atoms with Crippen molar-refractivity contribution in [2.45, 2.75) is 65.0 Å². The van der Waals surface area contributed by atoms with Gasteiger partial charge in [0.25, 0.3) is 0 Å². The third kappa shape index (κ3) is 18.8. The molecule has 0 radical (unpaired) electrons. The van der Waals surface area contributed by atoms with E-state index in [9.17, 15) is 18.0 Å². The van der Waals surface area contributed by atoms with Crippen molar-refractivity contribution in [3.8, 4) is 0 Å². The van der Waals surface area contributed by atoms with E-state index in [0.29, 0.717) is 46.0 Å². The number of methoxy groups -OCH3 is 1. The van der Waals surface area contributed by atoms with Gasteiger partial charge in [-0.2, -0.15) is 0 Å². The van der Waals surface area contributed by atoms with Crippen molar-refractivity contribution in [2.75, 3.05) is 66.0 Å². The van der Waals surface area contributed by atoms with E-state index in [1.54, 1.807) is 16.9 Å². The number of aliphatic hydroxyl groups is 1. The minimum Gasteiger partial charge on any atom is -0.444 e. The van der Waals surface area contributed by atoms with Crippen molar-refractivity contribution in [1.82, 2.24) is 9.80 Å². The number of rotatable bonds is 3. The normalized spacial score (nSPS) is 20.8. The highest BCUT2D eigenvalue weighted by Crippen LogP contribution is 2.14. The van der Waals surface area contributed by atoms with Gasteiger partial charge in [0.1, 0.15) is 11.2 Å². The van der Waals surface area contributed by atoms with Gasteiger partial charge in [-0.25, -0.2) is 18.0 Å². The summed E-state index contributed by atoms with van der Waals surface area (Å²) in [5.74, 6) is 0. The maximum Gasteiger partial charge on any atom is 0.410 e. The summed E-state index contributed by atoms with van der Waals surface area (Å²) >= 11 is 0. The molecule has 2 aliphatic heterocycles. The molecule has 0 saturated carbocycles. The van der Waals surface area contributed by atoms with Crippen molar-refractivity contribution in [3.05, 3.63) is 0 Å². The predicted octanol–water partition coefficient (Wildman–Crippen LogP) is 2.07. The third-order valence-corrected chi connectivity index (χ3v) is 4.14. The van der Waals surface area contributed by atoms with Gasteiger partial charge in [-0.1, -0.05) is 0 Å². The first-order valence-corrected chi connectivity index (χ1v) is 14.2. The number of amides is 2. The van der Waals surface area contributed by atoms with E-state index in [1.807, 2.05) is 41.5 Å². The molecule has 2 rings (SSSR count). The summed E-state index contributed by atoms with van der Waals surface area (Å²) < 4.78 is 45.0. The van der Waals surface area contributed by atoms with Crippen molar-refractivity contribution in [3.63, 3.8) is 0 Å². The maximum atomic E-state index is 11.8. The molecule has 0 spiro atoms. The molecule has 0 aliphatic carbocycles. The largest absolute Gasteiger partial charge is 0.444 e. The molecule has 1 N–H and O–H groups in total. The highest BCUT2D eigenvalue weighted by Gasteiger charge is 2.28. The van der Waals surface area contributed by atoms with Crippen LogP contribution in [-0.4, -0.2) is 125 Å². The van der Waals surface area contributed by atoms with Crippen LogP contribution in [0.2, 0.25) is 0 Å². The van der Waals surface area contributed by atoms with Crippen LogP contribution in [-0.2, 0) is 32.7 Å². The zero-order chi connectivity index (χ0) is 28.2. The molecule has 2 atom stereocenters. The fourth-order valence-electron chi connectivity index (χ4n) is 2.82. The summed E-state index contributed by atoms with van der Waals surface area (Å²) in [6.07, 6.45) is -0.0344. The lowest BCUT2D eigenvalue weighted by atomic mass is 10.2. The van der Waals surface area contributed by atoms with E-state index >= 15 is 0 Å². The van der Waals surface area contributed by atoms with Crippen LogP contribution in [0.1, 0.15) is 41.5 Å². The van der Waals surface area contributed by atoms with Gasteiger partial charge in [0.2, 0.25) is 9.05 Å². The first-order chi connectivity index (χ1) is 16.3. The van der Waals surface area contributed by atoms with Crippen LogP contribution >= 0.6 is 10.7 Å². The van der Waals surface area contributed by atoms with Gasteiger partial charge in [-0.05, 0) is 41.5 Å². The van der Waals surface area contributed by atoms with Crippen molar-refractivity contribution in [2.24, 2.45) is 0 Å². The zero-order valence-corrected chi connectivity index (χ0v) is 24.2. The van der Waals surface area contributed by atoms with Gasteiger partial charge >= 0.3 is 12.2 Å². The molecule has 2 amide bonds. The SMILES string of the molecule is CC(C)(C)OC(=O)N1CCOC(CO)C1.COCC1CN(C(=O)OC(C)(C)C)CCO1.CS(=O)(=O)Cl. The van der Waals surface area contributed by atoms with E-state index in [1.165, 1.54) is 0 Å². The molecular formula is C22H43ClN2O10S. The van der Waals surface area contributed by atoms with Crippen LogP contribution in [0.5, 0.6) is 0 Å². The third-order valence-electron chi connectivity index (χ3n) is 4.14. The molecule has 0 aromatic rings. The summed E-state index contributed by atoms with van der Waals surface area (Å²) in [5.41, 5.74) is -0.934. The molecule has 2 saturated heterocycles. The Labute approximate surface area is 219 Å². The monoisotopic (exact) mass is 562 g/mol. The number of hydrogen-bond acceptors (Lipinski definition) is 10. The molecule has 0 bridgehead atoms. The molecule has 2 unspecified atom stereocenters. The lowest BCUT2D eigenvalue weighted by molar-refractivity contribution is -0.0658. The fourth-order valence-corrected chi connectivity index (χ4v) is 2.82. The minimum atomic E-state index is -3.19. The van der Waals surface area contributed by atoms with Crippen LogP contribution in [0.4, 0.5) is 9.59 Å². The Morgan fingerprint density at radius 1 is 0.917 bits per heavy atom. The Morgan fingerprint density at radius 3 is 1.61 bits per heavy atom. The Bertz CT molecular complexity index is 758. The zero-order valence-electron chi connectivity index (χ0n) is 22.6. The van der Waals surface area contributed by atoms with Crippen LogP contribution < -0.4 is 0 Å². The number of carbonyl (C=O) groups excluding carboxylic acids is 2. The van der Waals surface area contributed by atoms with E-state index in [4.69, 9.17) is 28.8 Å². The topological polar surface area (TPSA) is 141 Å². The molecular weight excluding hydrogens is 520 g/mol. The number of ether oxygens (including phenoxy) is 5. The summed E-state index contributed by atoms with van der Waals surface area (Å²) in [7, 11) is 2.93. The van der Waals surface area contributed by atoms with Crippen LogP contribution in [0.25, 0.3) is 0 Å². The summed E-state index contributed by atoms with van der Waals surface area (Å²) in [5, 5.41) is 8.92. The Kier molecular flexibility index (Phi) is 15.2. The Hall–Kier alpha value is -1.38. The molecule has 36 heavy (non-hydrogen) atoms. The van der Waals surface area contributed by atoms with Gasteiger partial charge in [0, 0.05) is 30.9 Å². The number of hydrogen-bond donors (Lipinski definition) is 1. The van der Waals surface area contributed by atoms with Crippen LogP contribution in [0.3, 0.4) is 0 Å². The second kappa shape index (κ2) is 15.8. The number of nitrogens with zero attached hydrogens (tertiary/aromatic N) is 2. The molecule has 12 nitrogen and oxygen atoms in total. The van der Waals surface area contributed by atoms with Crippen molar-refractivity contribution in [1.29, 1.82) is 0 Å². The van der Waals surface area contributed by atoms with E-state index in [2.05, 4.69) is 10.7 Å². The van der Waals surface area contributed by atoms with Crippen LogP contribution in [0.15, 0.2) is 0 Å². The average Bonchev–Trinajstić information content (AvgIpc) is 2.71. The quantitative estimate of drug-likeness (QED) is 0.508. The molecule has 2 fully saturated rings. The minimum absolute atomic E-state index is 0.0498. The fraction of sp³-hybridized carbons (Fsp3) is 0.909. The summed E-state index contributed by atoms with van der Waals surface area (Å²) in [6, 6.07) is 0. The predicted molar refractivity (Wildman–Crippen MR) is 135 cm³/mol. The molecule has 14 heteroatoms. The Morgan fingerprint density at radius 2 is 1.28 bits per heavy atom. The first kappa shape index (κ1) is 34.6. The van der Waals surface area contributed by atoms with E-state index in [-0.39, 0.29) is 31.0 Å². The van der Waals surface area contributed by atoms with Crippen LogP contribution in [0, 0.1) is 0 Å². The van der Waals surface area contributed by atoms with Gasteiger partial charge in [-0.3, -0.25) is 0 Å². The highest BCUT2D eigenvalue weighted by molar-refractivity contribution is 8.13. The number of halogens is 1. The van der Waals surface area contributed by atoms with Gasteiger partial charge in [0.05, 0.1) is 58.0 Å². The first-order valence-electron chi connectivity index (χ1n) is 11.5. The lowest BCUT2D eigenvalue weighted by Gasteiger charge is -2.33. The number of carbonyl (C=O) groups is 2. The smallest absolute Gasteiger partial charge is 0.410 e. The number of morpholine rings is 2. The lowest BCUT2D eigenvalue weighted by Crippen LogP contribution is -2.48. The second-order valence-corrected chi connectivity index (χ2v) is 13.2. The van der Waals surface area contributed by atoms with E-state index in [0.717, 1.165) is 6.26 Å². The summed E-state index contributed by atoms with van der Waals surface area (Å²) in [6.45, 7) is 14.5. The average molecular weight is 563 g/mol. The van der Waals surface area contributed by atoms with Crippen molar-refractivity contribution >= 4 is 31.9 Å². The van der Waals surface area contributed by atoms with E-state index < -0.39 is 20.3 Å². The van der Waals surface area contributed by atoms with Gasteiger partial charge in [0.15, 0.2) is 0 Å². The molecule has 0 aromatic carbocycles. The Balaban J connectivity index is 0.000000575. The molecule has 2 aliphatic rings. The standard InChI is InChI=1S/C11H21NO4.C10H19NO4.CH3ClO2S/c1-11(2,3)16-10(13)12-5-6-15-9(7-12)8-14-4;1-10(2,3)15-9(13)11-4-5-14-8(6-11)7-12;1-5(2,3)4/h9H,5-8H2,1-4H3;8,12H,4-7H2,1-3H3;1H3.